The van der Waals surface area contributed by atoms with Crippen LogP contribution in [0.3, 0.4) is 0 Å². The van der Waals surface area contributed by atoms with Crippen LogP contribution in [0.2, 0.25) is 0 Å². The fourth-order valence-electron chi connectivity index (χ4n) is 9.23. The van der Waals surface area contributed by atoms with Crippen LogP contribution in [0.15, 0.2) is 0 Å². The molecule has 0 aromatic heterocycles. The molecule has 0 amide bonds. The van der Waals surface area contributed by atoms with Gasteiger partial charge in [0.15, 0.2) is 0 Å². The lowest BCUT2D eigenvalue weighted by Gasteiger charge is -2.66. The second kappa shape index (κ2) is 4.23. The van der Waals surface area contributed by atoms with Crippen LogP contribution in [0.1, 0.15) is 79.6 Å². The molecule has 0 aliphatic heterocycles. The maximum absolute atomic E-state index is 11.6. The third kappa shape index (κ3) is 1.62. The summed E-state index contributed by atoms with van der Waals surface area (Å²) in [7, 11) is 0. The molecule has 4 bridgehead atoms. The molecule has 0 aromatic rings. The molecule has 0 heterocycles. The van der Waals surface area contributed by atoms with Crippen molar-refractivity contribution in [3.63, 3.8) is 0 Å². The zero-order valence-electron chi connectivity index (χ0n) is 16.2. The molecular weight excluding hydrogens is 296 g/mol. The van der Waals surface area contributed by atoms with Crippen molar-refractivity contribution < 1.29 is 9.53 Å². The molecule has 6 aliphatic carbocycles. The van der Waals surface area contributed by atoms with Gasteiger partial charge in [0.2, 0.25) is 0 Å². The van der Waals surface area contributed by atoms with Crippen LogP contribution in [-0.2, 0) is 9.53 Å². The summed E-state index contributed by atoms with van der Waals surface area (Å²) in [6.45, 7) is 11.5. The van der Waals surface area contributed by atoms with Gasteiger partial charge in [-0.1, -0.05) is 27.7 Å². The Kier molecular flexibility index (Phi) is 2.77. The van der Waals surface area contributed by atoms with Crippen molar-refractivity contribution in [1.82, 2.24) is 0 Å². The van der Waals surface area contributed by atoms with Crippen molar-refractivity contribution in [3.05, 3.63) is 0 Å². The van der Waals surface area contributed by atoms with Crippen LogP contribution >= 0.6 is 0 Å². The number of esters is 1. The predicted octanol–water partition coefficient (Wildman–Crippen LogP) is 5.21. The molecule has 0 radical (unpaired) electrons. The van der Waals surface area contributed by atoms with Gasteiger partial charge in [-0.2, -0.15) is 0 Å². The normalized spacial score (nSPS) is 59.3. The van der Waals surface area contributed by atoms with E-state index in [9.17, 15) is 4.79 Å². The van der Waals surface area contributed by atoms with E-state index in [-0.39, 0.29) is 17.5 Å². The Labute approximate surface area is 147 Å². The highest BCUT2D eigenvalue weighted by atomic mass is 16.5. The summed E-state index contributed by atoms with van der Waals surface area (Å²) in [4.78, 5) is 11.6. The quantitative estimate of drug-likeness (QED) is 0.617. The Bertz CT molecular complexity index is 609. The van der Waals surface area contributed by atoms with Crippen LogP contribution in [0.5, 0.6) is 0 Å². The molecule has 6 rings (SSSR count). The molecular formula is C22H34O2. The van der Waals surface area contributed by atoms with E-state index in [0.717, 1.165) is 29.6 Å². The summed E-state index contributed by atoms with van der Waals surface area (Å²) in [6.07, 6.45) is 9.80. The average Bonchev–Trinajstić information content (AvgIpc) is 2.93. The minimum atomic E-state index is -0.0998. The predicted molar refractivity (Wildman–Crippen MR) is 94.3 cm³/mol. The molecule has 0 N–H and O–H groups in total. The Balaban J connectivity index is 1.48. The SMILES string of the molecule is CC(=O)O[C@@H]1CC[C@]2(C)C(CC[C@@]34C[C@H]5[C@@H](C[C@H]32)[C@]5(C)C4)C1(C)C. The maximum atomic E-state index is 11.6. The van der Waals surface area contributed by atoms with E-state index in [4.69, 9.17) is 4.74 Å². The monoisotopic (exact) mass is 330 g/mol. The number of ether oxygens (including phenoxy) is 1. The van der Waals surface area contributed by atoms with E-state index in [2.05, 4.69) is 27.7 Å². The third-order valence-corrected chi connectivity index (χ3v) is 10.2. The molecule has 24 heavy (non-hydrogen) atoms. The van der Waals surface area contributed by atoms with Gasteiger partial charge in [-0.25, -0.2) is 0 Å². The largest absolute Gasteiger partial charge is 0.462 e. The molecule has 2 nitrogen and oxygen atoms in total. The van der Waals surface area contributed by atoms with Gasteiger partial charge >= 0.3 is 5.97 Å². The van der Waals surface area contributed by atoms with E-state index in [1.54, 1.807) is 6.92 Å². The zero-order chi connectivity index (χ0) is 17.1. The first-order valence-electron chi connectivity index (χ1n) is 10.3. The Morgan fingerprint density at radius 1 is 0.958 bits per heavy atom. The standard InChI is InChI=1S/C22H34O2/c1-13(23)24-18-7-8-20(4)16(19(18,2)3)6-9-22-11-15-14(10-17(20)22)21(15,5)12-22/h14-18H,6-12H2,1-5H3/t14-,15+,16?,17+,18-,20-,21+,22+/m1/s1. The van der Waals surface area contributed by atoms with Gasteiger partial charge in [-0.05, 0) is 84.9 Å². The van der Waals surface area contributed by atoms with E-state index in [0.29, 0.717) is 16.7 Å². The summed E-state index contributed by atoms with van der Waals surface area (Å²) >= 11 is 0. The van der Waals surface area contributed by atoms with E-state index >= 15 is 0 Å². The number of hydrogen-bond donors (Lipinski definition) is 0. The molecule has 8 atom stereocenters. The highest BCUT2D eigenvalue weighted by molar-refractivity contribution is 5.66. The van der Waals surface area contributed by atoms with Crippen LogP contribution < -0.4 is 0 Å². The summed E-state index contributed by atoms with van der Waals surface area (Å²) in [5.41, 5.74) is 1.98. The number of fused-ring (bicyclic) bond motifs is 1. The molecule has 0 aromatic carbocycles. The number of carbonyl (C=O) groups excluding carboxylic acids is 1. The molecule has 0 saturated heterocycles. The number of rotatable bonds is 1. The third-order valence-electron chi connectivity index (χ3n) is 10.2. The van der Waals surface area contributed by atoms with E-state index in [1.165, 1.54) is 38.5 Å². The van der Waals surface area contributed by atoms with Crippen molar-refractivity contribution in [3.8, 4) is 0 Å². The Morgan fingerprint density at radius 3 is 2.33 bits per heavy atom. The highest BCUT2D eigenvalue weighted by Crippen LogP contribution is 2.85. The molecule has 1 spiro atoms. The minimum Gasteiger partial charge on any atom is -0.462 e. The van der Waals surface area contributed by atoms with Crippen LogP contribution in [0.25, 0.3) is 0 Å². The van der Waals surface area contributed by atoms with Crippen molar-refractivity contribution in [1.29, 1.82) is 0 Å². The summed E-state index contributed by atoms with van der Waals surface area (Å²) in [6, 6.07) is 0. The first kappa shape index (κ1) is 15.7. The number of hydrogen-bond acceptors (Lipinski definition) is 2. The van der Waals surface area contributed by atoms with Gasteiger partial charge in [0.25, 0.3) is 0 Å². The average molecular weight is 331 g/mol. The second-order valence-corrected chi connectivity index (χ2v) is 11.3. The molecule has 1 unspecified atom stereocenters. The van der Waals surface area contributed by atoms with Crippen molar-refractivity contribution >= 4 is 5.97 Å². The first-order valence-corrected chi connectivity index (χ1v) is 10.3. The molecule has 6 saturated carbocycles. The Hall–Kier alpha value is -0.530. The fourth-order valence-corrected chi connectivity index (χ4v) is 9.23. The summed E-state index contributed by atoms with van der Waals surface area (Å²) in [5, 5.41) is 0. The van der Waals surface area contributed by atoms with Crippen molar-refractivity contribution in [2.45, 2.75) is 85.7 Å². The number of carbonyl (C=O) groups is 1. The summed E-state index contributed by atoms with van der Waals surface area (Å²) < 4.78 is 5.78. The molecule has 134 valence electrons. The van der Waals surface area contributed by atoms with E-state index in [1.807, 2.05) is 0 Å². The molecule has 6 aliphatic rings. The zero-order valence-corrected chi connectivity index (χ0v) is 16.2. The van der Waals surface area contributed by atoms with Gasteiger partial charge in [0, 0.05) is 12.3 Å². The summed E-state index contributed by atoms with van der Waals surface area (Å²) in [5.74, 6) is 3.64. The smallest absolute Gasteiger partial charge is 0.302 e. The van der Waals surface area contributed by atoms with Crippen molar-refractivity contribution in [2.24, 2.45) is 45.3 Å². The highest BCUT2D eigenvalue weighted by Gasteiger charge is 2.78. The van der Waals surface area contributed by atoms with Crippen LogP contribution in [0.4, 0.5) is 0 Å². The second-order valence-electron chi connectivity index (χ2n) is 11.3. The van der Waals surface area contributed by atoms with E-state index < -0.39 is 0 Å². The molecule has 6 fully saturated rings. The van der Waals surface area contributed by atoms with Crippen LogP contribution in [0, 0.1) is 45.3 Å². The van der Waals surface area contributed by atoms with Crippen molar-refractivity contribution in [2.75, 3.05) is 0 Å². The van der Waals surface area contributed by atoms with Crippen LogP contribution in [-0.4, -0.2) is 12.1 Å². The Morgan fingerprint density at radius 2 is 1.71 bits per heavy atom. The van der Waals surface area contributed by atoms with Gasteiger partial charge in [0.05, 0.1) is 0 Å². The van der Waals surface area contributed by atoms with Gasteiger partial charge in [-0.15, -0.1) is 0 Å². The van der Waals surface area contributed by atoms with Gasteiger partial charge < -0.3 is 4.74 Å². The lowest BCUT2D eigenvalue weighted by atomic mass is 9.39. The lowest BCUT2D eigenvalue weighted by Crippen LogP contribution is -2.60. The topological polar surface area (TPSA) is 26.3 Å². The van der Waals surface area contributed by atoms with Gasteiger partial charge in [0.1, 0.15) is 6.10 Å². The van der Waals surface area contributed by atoms with Gasteiger partial charge in [-0.3, -0.25) is 4.79 Å². The molecule has 2 heteroatoms. The fraction of sp³-hybridized carbons (Fsp3) is 0.955. The minimum absolute atomic E-state index is 0.0998. The lowest BCUT2D eigenvalue weighted by molar-refractivity contribution is -0.203. The maximum Gasteiger partial charge on any atom is 0.302 e. The first-order chi connectivity index (χ1) is 11.1.